The molecule has 0 bridgehead atoms. The van der Waals surface area contributed by atoms with E-state index in [1.807, 2.05) is 0 Å². The molecule has 0 aromatic heterocycles. The fraction of sp³-hybridized carbons (Fsp3) is 1.00. The van der Waals surface area contributed by atoms with Gasteiger partial charge in [-0.2, -0.15) is 0 Å². The minimum atomic E-state index is -0.990. The number of hydrogen-bond donors (Lipinski definition) is 0. The molecule has 0 heterocycles. The second kappa shape index (κ2) is 11.3. The number of unbranched alkanes of at least 4 members (excludes halogenated alkanes) is 3. The van der Waals surface area contributed by atoms with Crippen molar-refractivity contribution in [2.75, 3.05) is 0 Å². The van der Waals surface area contributed by atoms with Gasteiger partial charge in [0.25, 0.3) is 0 Å². The van der Waals surface area contributed by atoms with E-state index in [1.165, 1.54) is 61.7 Å². The molecule has 0 atom stereocenters. The van der Waals surface area contributed by atoms with Crippen LogP contribution in [0.3, 0.4) is 0 Å². The average molecular weight is 433 g/mol. The molecule has 0 nitrogen and oxygen atoms in total. The third-order valence-corrected chi connectivity index (χ3v) is 10.3. The molecule has 0 aromatic carbocycles. The van der Waals surface area contributed by atoms with Crippen LogP contribution in [-0.2, 0) is 23.3 Å². The molecule has 0 spiro atoms. The summed E-state index contributed by atoms with van der Waals surface area (Å²) in [4.78, 5) is 0. The van der Waals surface area contributed by atoms with Crippen LogP contribution >= 0.6 is 8.25 Å². The summed E-state index contributed by atoms with van der Waals surface area (Å²) >= 11 is -0.990. The molecule has 0 radical (unpaired) electrons. The van der Waals surface area contributed by atoms with Crippen LogP contribution in [0, 0.1) is 5.41 Å². The molecule has 0 aromatic rings. The van der Waals surface area contributed by atoms with Crippen molar-refractivity contribution in [2.45, 2.75) is 82.5 Å². The Balaban J connectivity index is 4.32. The van der Waals surface area contributed by atoms with Crippen LogP contribution in [-0.4, -0.2) is 0 Å². The van der Waals surface area contributed by atoms with Gasteiger partial charge in [0.2, 0.25) is 0 Å². The second-order valence-corrected chi connectivity index (χ2v) is 12.0. The minimum absolute atomic E-state index is 0.672. The zero-order valence-corrected chi connectivity index (χ0v) is 17.9. The fourth-order valence-electron chi connectivity index (χ4n) is 2.61. The molecule has 0 amide bonds. The van der Waals surface area contributed by atoms with Gasteiger partial charge in [-0.25, -0.2) is 0 Å². The van der Waals surface area contributed by atoms with Gasteiger partial charge in [-0.3, -0.25) is 0 Å². The molecule has 0 aliphatic heterocycles. The van der Waals surface area contributed by atoms with Gasteiger partial charge in [0.05, 0.1) is 0 Å². The fourth-order valence-corrected chi connectivity index (χ4v) is 10.6. The van der Waals surface area contributed by atoms with Crippen molar-refractivity contribution in [3.8, 4) is 0 Å². The van der Waals surface area contributed by atoms with Crippen LogP contribution in [0.4, 0.5) is 0 Å². The normalized spacial score (nSPS) is 11.5. The van der Waals surface area contributed by atoms with Crippen LogP contribution in [0.1, 0.15) is 78.6 Å². The van der Waals surface area contributed by atoms with Gasteiger partial charge in [-0.15, -0.1) is 0 Å². The van der Waals surface area contributed by atoms with Gasteiger partial charge in [-0.1, -0.05) is 0 Å². The van der Waals surface area contributed by atoms with Gasteiger partial charge < -0.3 is 0 Å². The molecular weight excluding hydrogens is 404 g/mol. The van der Waals surface area contributed by atoms with Crippen LogP contribution in [0.5, 0.6) is 0 Å². The SMILES string of the molecule is CCCCC(CCCC)(CCCC)[CH2][Hg][Cl]. The van der Waals surface area contributed by atoms with Crippen molar-refractivity contribution in [3.05, 3.63) is 0 Å². The van der Waals surface area contributed by atoms with E-state index in [1.54, 1.807) is 0 Å². The van der Waals surface area contributed by atoms with Crippen LogP contribution in [0.2, 0.25) is 3.93 Å². The van der Waals surface area contributed by atoms with Crippen LogP contribution < -0.4 is 0 Å². The van der Waals surface area contributed by atoms with E-state index >= 15 is 0 Å². The standard InChI is InChI=1S/C14H29.ClH.Hg/c1-5-8-11-14(4,12-9-6-2)13-10-7-3;;/h4-13H2,1-3H3;1H;/q;;+1/p-1. The van der Waals surface area contributed by atoms with Crippen LogP contribution in [0.25, 0.3) is 0 Å². The first-order valence-corrected chi connectivity index (χ1v) is 18.0. The van der Waals surface area contributed by atoms with Gasteiger partial charge in [0, 0.05) is 0 Å². The Morgan fingerprint density at radius 1 is 0.812 bits per heavy atom. The van der Waals surface area contributed by atoms with Gasteiger partial charge in [-0.05, 0) is 0 Å². The molecule has 2 heteroatoms. The molecule has 0 fully saturated rings. The Bertz CT molecular complexity index is 126. The van der Waals surface area contributed by atoms with Crippen molar-refractivity contribution >= 4 is 8.25 Å². The molecule has 0 saturated carbocycles. The van der Waals surface area contributed by atoms with E-state index in [0.717, 1.165) is 0 Å². The third kappa shape index (κ3) is 7.53. The zero-order valence-electron chi connectivity index (χ0n) is 11.7. The summed E-state index contributed by atoms with van der Waals surface area (Å²) in [5.74, 6) is 0. The summed E-state index contributed by atoms with van der Waals surface area (Å²) in [6.07, 6.45) is 12.6. The Kier molecular flexibility index (Phi) is 12.2. The summed E-state index contributed by atoms with van der Waals surface area (Å²) in [6.45, 7) is 6.94. The Labute approximate surface area is 119 Å². The predicted molar refractivity (Wildman–Crippen MR) is 71.7 cm³/mol. The van der Waals surface area contributed by atoms with E-state index in [9.17, 15) is 0 Å². The molecule has 0 rings (SSSR count). The first kappa shape index (κ1) is 17.2. The molecule has 0 aliphatic carbocycles. The average Bonchev–Trinajstić information content (AvgIpc) is 2.31. The second-order valence-electron chi connectivity index (χ2n) is 5.25. The molecule has 0 saturated heterocycles. The van der Waals surface area contributed by atoms with Crippen molar-refractivity contribution < 1.29 is 23.3 Å². The Morgan fingerprint density at radius 2 is 1.19 bits per heavy atom. The van der Waals surface area contributed by atoms with Gasteiger partial charge >= 0.3 is 119 Å². The van der Waals surface area contributed by atoms with Crippen molar-refractivity contribution in [3.63, 3.8) is 0 Å². The molecule has 16 heavy (non-hydrogen) atoms. The topological polar surface area (TPSA) is 0 Å². The summed E-state index contributed by atoms with van der Waals surface area (Å²) < 4.78 is 1.45. The Hall–Kier alpha value is 1.23. The van der Waals surface area contributed by atoms with E-state index in [0.29, 0.717) is 5.41 Å². The first-order valence-electron chi connectivity index (χ1n) is 7.30. The maximum absolute atomic E-state index is 6.24. The van der Waals surface area contributed by atoms with Crippen molar-refractivity contribution in [1.82, 2.24) is 0 Å². The third-order valence-electron chi connectivity index (χ3n) is 3.81. The van der Waals surface area contributed by atoms with E-state index in [2.05, 4.69) is 20.8 Å². The number of rotatable bonds is 11. The summed E-state index contributed by atoms with van der Waals surface area (Å²) in [5, 5.41) is 0. The molecule has 94 valence electrons. The number of halogens is 1. The first-order chi connectivity index (χ1) is 7.74. The monoisotopic (exact) mass is 434 g/mol. The van der Waals surface area contributed by atoms with Crippen molar-refractivity contribution in [2.24, 2.45) is 5.41 Å². The zero-order chi connectivity index (χ0) is 12.3. The van der Waals surface area contributed by atoms with E-state index in [-0.39, 0.29) is 0 Å². The molecule has 0 aliphatic rings. The molecule has 0 unspecified atom stereocenters. The maximum atomic E-state index is 6.24. The van der Waals surface area contributed by atoms with Crippen LogP contribution in [0.15, 0.2) is 0 Å². The number of hydrogen-bond acceptors (Lipinski definition) is 0. The summed E-state index contributed by atoms with van der Waals surface area (Å²) in [6, 6.07) is 0. The Morgan fingerprint density at radius 3 is 1.44 bits per heavy atom. The molecular formula is C14H29ClHg. The molecule has 0 N–H and O–H groups in total. The van der Waals surface area contributed by atoms with Gasteiger partial charge in [0.15, 0.2) is 0 Å². The van der Waals surface area contributed by atoms with E-state index < -0.39 is 23.3 Å². The van der Waals surface area contributed by atoms with Gasteiger partial charge in [0.1, 0.15) is 0 Å². The summed E-state index contributed by atoms with van der Waals surface area (Å²) in [5.41, 5.74) is 0.672. The summed E-state index contributed by atoms with van der Waals surface area (Å²) in [7, 11) is 6.24. The van der Waals surface area contributed by atoms with Crippen molar-refractivity contribution in [1.29, 1.82) is 0 Å². The quantitative estimate of drug-likeness (QED) is 0.341. The van der Waals surface area contributed by atoms with E-state index in [4.69, 9.17) is 8.25 Å². The predicted octanol–water partition coefficient (Wildman–Crippen LogP) is 6.20.